The molecule has 0 amide bonds. The third-order valence-corrected chi connectivity index (χ3v) is 2.38. The van der Waals surface area contributed by atoms with E-state index in [1.165, 1.54) is 12.1 Å². The molecule has 1 N–H and O–H groups in total. The molecule has 10 heteroatoms. The molecule has 2 aromatic rings. The van der Waals surface area contributed by atoms with Gasteiger partial charge in [-0.3, -0.25) is 0 Å². The predicted molar refractivity (Wildman–Crippen MR) is 53.1 cm³/mol. The molecular formula is C9H5F3N4O3. The van der Waals surface area contributed by atoms with Gasteiger partial charge >= 0.3 is 18.2 Å². The van der Waals surface area contributed by atoms with Crippen molar-refractivity contribution in [2.45, 2.75) is 12.5 Å². The van der Waals surface area contributed by atoms with Crippen molar-refractivity contribution in [2.75, 3.05) is 0 Å². The highest BCUT2D eigenvalue weighted by molar-refractivity contribution is 5.49. The summed E-state index contributed by atoms with van der Waals surface area (Å²) in [6.07, 6.45) is -6.99. The Hall–Kier alpha value is -2.52. The van der Waals surface area contributed by atoms with E-state index in [-0.39, 0.29) is 11.4 Å². The Balaban J connectivity index is 2.06. The first-order valence-electron chi connectivity index (χ1n) is 5.00. The van der Waals surface area contributed by atoms with Gasteiger partial charge in [-0.05, 0) is 22.6 Å². The fourth-order valence-corrected chi connectivity index (χ4v) is 1.55. The van der Waals surface area contributed by atoms with Gasteiger partial charge in [0.15, 0.2) is 11.5 Å². The second-order valence-electron chi connectivity index (χ2n) is 3.65. The highest BCUT2D eigenvalue weighted by atomic mass is 19.3. The zero-order chi connectivity index (χ0) is 13.6. The lowest BCUT2D eigenvalue weighted by molar-refractivity contribution is -0.281. The molecule has 0 saturated heterocycles. The summed E-state index contributed by atoms with van der Waals surface area (Å²) in [4.78, 5) is 11.3. The number of aromatic nitrogens is 4. The van der Waals surface area contributed by atoms with Gasteiger partial charge in [0.1, 0.15) is 0 Å². The van der Waals surface area contributed by atoms with Gasteiger partial charge in [0.05, 0.1) is 5.69 Å². The highest BCUT2D eigenvalue weighted by Gasteiger charge is 2.49. The van der Waals surface area contributed by atoms with E-state index in [1.54, 1.807) is 0 Å². The van der Waals surface area contributed by atoms with Crippen LogP contribution in [0.4, 0.5) is 13.2 Å². The van der Waals surface area contributed by atoms with Crippen LogP contribution in [0.5, 0.6) is 11.5 Å². The largest absolute Gasteiger partial charge is 0.468 e. The van der Waals surface area contributed by atoms with Crippen LogP contribution in [0.3, 0.4) is 0 Å². The molecule has 1 unspecified atom stereocenters. The maximum absolute atomic E-state index is 13.0. The molecular weight excluding hydrogens is 269 g/mol. The third kappa shape index (κ3) is 1.80. The molecule has 0 radical (unpaired) electrons. The molecule has 0 fully saturated rings. The number of alkyl halides is 3. The number of H-pyrrole nitrogens is 1. The van der Waals surface area contributed by atoms with Gasteiger partial charge in [-0.1, -0.05) is 0 Å². The van der Waals surface area contributed by atoms with E-state index in [0.29, 0.717) is 0 Å². The van der Waals surface area contributed by atoms with E-state index >= 15 is 0 Å². The molecule has 7 nitrogen and oxygen atoms in total. The minimum atomic E-state index is -4.10. The van der Waals surface area contributed by atoms with E-state index in [4.69, 9.17) is 0 Å². The first kappa shape index (κ1) is 11.6. The number of hydrogen-bond donors (Lipinski definition) is 1. The van der Waals surface area contributed by atoms with Gasteiger partial charge in [-0.15, -0.1) is 0 Å². The van der Waals surface area contributed by atoms with Gasteiger partial charge in [-0.2, -0.15) is 17.9 Å². The second kappa shape index (κ2) is 3.73. The Morgan fingerprint density at radius 1 is 1.37 bits per heavy atom. The van der Waals surface area contributed by atoms with Crippen molar-refractivity contribution < 1.29 is 22.6 Å². The van der Waals surface area contributed by atoms with Crippen LogP contribution < -0.4 is 15.2 Å². The van der Waals surface area contributed by atoms with E-state index < -0.39 is 23.9 Å². The second-order valence-corrected chi connectivity index (χ2v) is 3.65. The number of halogens is 3. The number of fused-ring (bicyclic) bond motifs is 1. The molecule has 1 atom stereocenters. The highest BCUT2D eigenvalue weighted by Crippen LogP contribution is 2.41. The molecule has 0 aliphatic carbocycles. The maximum atomic E-state index is 13.0. The summed E-state index contributed by atoms with van der Waals surface area (Å²) in [6.45, 7) is 0. The first-order chi connectivity index (χ1) is 8.97. The Morgan fingerprint density at radius 2 is 2.16 bits per heavy atom. The molecule has 3 rings (SSSR count). The molecule has 19 heavy (non-hydrogen) atoms. The number of hydrogen-bond acceptors (Lipinski definition) is 5. The number of nitrogens with zero attached hydrogens (tertiary/aromatic N) is 3. The fraction of sp³-hybridized carbons (Fsp3) is 0.222. The summed E-state index contributed by atoms with van der Waals surface area (Å²) in [7, 11) is 0. The van der Waals surface area contributed by atoms with Crippen LogP contribution in [0.15, 0.2) is 23.0 Å². The molecule has 0 bridgehead atoms. The first-order valence-corrected chi connectivity index (χ1v) is 5.00. The average molecular weight is 274 g/mol. The molecule has 0 saturated carbocycles. The summed E-state index contributed by atoms with van der Waals surface area (Å²) in [5.74, 6) is -0.593. The van der Waals surface area contributed by atoms with E-state index in [2.05, 4.69) is 19.9 Å². The Bertz CT molecular complexity index is 683. The van der Waals surface area contributed by atoms with Crippen LogP contribution in [0.1, 0.15) is 0 Å². The molecule has 1 aromatic carbocycles. The summed E-state index contributed by atoms with van der Waals surface area (Å²) < 4.78 is 48.3. The zero-order valence-electron chi connectivity index (χ0n) is 9.01. The van der Waals surface area contributed by atoms with Crippen LogP contribution in [-0.2, 0) is 0 Å². The van der Waals surface area contributed by atoms with E-state index in [0.717, 1.165) is 10.7 Å². The van der Waals surface area contributed by atoms with Crippen LogP contribution in [0, 0.1) is 0 Å². The summed E-state index contributed by atoms with van der Waals surface area (Å²) in [5, 5.41) is 8.71. The fourth-order valence-electron chi connectivity index (χ4n) is 1.55. The van der Waals surface area contributed by atoms with Gasteiger partial charge in [-0.25, -0.2) is 9.89 Å². The van der Waals surface area contributed by atoms with E-state index in [1.807, 2.05) is 5.10 Å². The van der Waals surface area contributed by atoms with Crippen molar-refractivity contribution in [3.8, 4) is 17.2 Å². The lowest BCUT2D eigenvalue weighted by Crippen LogP contribution is -2.43. The van der Waals surface area contributed by atoms with Crippen LogP contribution >= 0.6 is 0 Å². The number of nitrogens with one attached hydrogen (secondary N) is 1. The molecule has 1 aliphatic heterocycles. The summed E-state index contributed by atoms with van der Waals surface area (Å²) in [5.41, 5.74) is -0.541. The minimum Gasteiger partial charge on any atom is -0.447 e. The van der Waals surface area contributed by atoms with Crippen LogP contribution in [0.2, 0.25) is 0 Å². The van der Waals surface area contributed by atoms with Crippen molar-refractivity contribution >= 4 is 0 Å². The number of aromatic amines is 1. The molecule has 1 aromatic heterocycles. The average Bonchev–Trinajstić information content (AvgIpc) is 2.76. The lowest BCUT2D eigenvalue weighted by atomic mass is 10.2. The molecule has 1 aliphatic rings. The Kier molecular flexibility index (Phi) is 2.27. The topological polar surface area (TPSA) is 82.0 Å². The number of rotatable bonds is 1. The van der Waals surface area contributed by atoms with Gasteiger partial charge in [0, 0.05) is 6.07 Å². The molecule has 100 valence electrons. The lowest BCUT2D eigenvalue weighted by Gasteiger charge is -2.28. The normalized spacial score (nSPS) is 20.3. The number of tetrazole rings is 1. The standard InChI is InChI=1S/C9H5F3N4O3/c10-7-9(11,12)19-6-3-4(1-2-5(6)18-7)16-8(17)13-14-15-16/h1-3,7H,(H,13,15,17). The van der Waals surface area contributed by atoms with Crippen molar-refractivity contribution in [3.63, 3.8) is 0 Å². The zero-order valence-corrected chi connectivity index (χ0v) is 9.01. The number of ether oxygens (including phenoxy) is 2. The summed E-state index contributed by atoms with van der Waals surface area (Å²) >= 11 is 0. The van der Waals surface area contributed by atoms with Gasteiger partial charge < -0.3 is 9.47 Å². The number of benzene rings is 1. The Labute approximate surface area is 102 Å². The smallest absolute Gasteiger partial charge is 0.447 e. The Morgan fingerprint density at radius 3 is 2.84 bits per heavy atom. The van der Waals surface area contributed by atoms with Crippen molar-refractivity contribution in [3.05, 3.63) is 28.7 Å². The van der Waals surface area contributed by atoms with Crippen LogP contribution in [0.25, 0.3) is 5.69 Å². The van der Waals surface area contributed by atoms with Crippen molar-refractivity contribution in [1.29, 1.82) is 0 Å². The van der Waals surface area contributed by atoms with Crippen molar-refractivity contribution in [1.82, 2.24) is 20.2 Å². The van der Waals surface area contributed by atoms with E-state index in [9.17, 15) is 18.0 Å². The molecule has 2 heterocycles. The monoisotopic (exact) mass is 274 g/mol. The third-order valence-electron chi connectivity index (χ3n) is 2.38. The maximum Gasteiger partial charge on any atom is 0.468 e. The van der Waals surface area contributed by atoms with Gasteiger partial charge in [0.25, 0.3) is 0 Å². The quantitative estimate of drug-likeness (QED) is 0.824. The summed E-state index contributed by atoms with van der Waals surface area (Å²) in [6, 6.07) is 3.58. The van der Waals surface area contributed by atoms with Crippen molar-refractivity contribution in [2.24, 2.45) is 0 Å². The van der Waals surface area contributed by atoms with Crippen LogP contribution in [-0.4, -0.2) is 32.7 Å². The SMILES string of the molecule is O=c1[nH]nnn1-c1ccc2c(c1)OC(F)(F)C(F)O2. The molecule has 0 spiro atoms. The minimum absolute atomic E-state index is 0.120. The van der Waals surface area contributed by atoms with Gasteiger partial charge in [0.2, 0.25) is 0 Å². The predicted octanol–water partition coefficient (Wildman–Crippen LogP) is 0.615.